The number of rotatable bonds is 9. The van der Waals surface area contributed by atoms with Crippen LogP contribution >= 0.6 is 11.5 Å². The Kier molecular flexibility index (Phi) is 7.88. The van der Waals surface area contributed by atoms with Crippen molar-refractivity contribution in [1.29, 1.82) is 0 Å². The summed E-state index contributed by atoms with van der Waals surface area (Å²) < 4.78 is 9.30. The molecule has 0 saturated heterocycles. The first-order valence-corrected chi connectivity index (χ1v) is 12.2. The van der Waals surface area contributed by atoms with E-state index in [4.69, 9.17) is 16.2 Å². The Labute approximate surface area is 222 Å². The number of hydrogen-bond acceptors (Lipinski definition) is 8. The summed E-state index contributed by atoms with van der Waals surface area (Å²) in [6, 6.07) is 20.7. The number of nitrogens with zero attached hydrogens (tertiary/aromatic N) is 2. The molecule has 0 saturated carbocycles. The Balaban J connectivity index is 1.84. The van der Waals surface area contributed by atoms with E-state index < -0.39 is 23.8 Å². The molecule has 38 heavy (non-hydrogen) atoms. The van der Waals surface area contributed by atoms with Crippen LogP contribution in [0.4, 0.5) is 11.4 Å². The predicted molar refractivity (Wildman–Crippen MR) is 144 cm³/mol. The van der Waals surface area contributed by atoms with Crippen molar-refractivity contribution < 1.29 is 24.2 Å². The van der Waals surface area contributed by atoms with E-state index >= 15 is 0 Å². The summed E-state index contributed by atoms with van der Waals surface area (Å²) in [6.45, 7) is 0.211. The third kappa shape index (κ3) is 5.57. The lowest BCUT2D eigenvalue weighted by atomic mass is 10.0. The number of nitrogens with one attached hydrogen (secondary N) is 1. The lowest BCUT2D eigenvalue weighted by molar-refractivity contribution is -0.122. The van der Waals surface area contributed by atoms with Crippen molar-refractivity contribution in [2.45, 2.75) is 12.6 Å². The first kappa shape index (κ1) is 26.2. The number of aromatic nitrogens is 1. The standard InChI is InChI=1S/C27H25N5O5S/c1-37-20-9-5-8-18(14-20)32(27(36)24-21(28)22(25(29)34)31-38-24)23(17-10-12-19(33)13-11-17)26(35)30-15-16-6-3-2-4-7-16/h2-14,23,33H,15,28H2,1H3,(H2,29,34)(H,30,35)/t23-/m0/s1. The zero-order chi connectivity index (χ0) is 27.2. The number of carbonyl (C=O) groups is 3. The van der Waals surface area contributed by atoms with Gasteiger partial charge in [-0.25, -0.2) is 0 Å². The second kappa shape index (κ2) is 11.4. The quantitative estimate of drug-likeness (QED) is 0.258. The summed E-state index contributed by atoms with van der Waals surface area (Å²) in [5, 5.41) is 12.8. The smallest absolute Gasteiger partial charge is 0.273 e. The van der Waals surface area contributed by atoms with E-state index in [1.165, 1.54) is 24.1 Å². The van der Waals surface area contributed by atoms with Gasteiger partial charge in [0.25, 0.3) is 11.8 Å². The van der Waals surface area contributed by atoms with Gasteiger partial charge in [0.1, 0.15) is 22.4 Å². The largest absolute Gasteiger partial charge is 0.508 e. The molecule has 0 aliphatic rings. The summed E-state index contributed by atoms with van der Waals surface area (Å²) in [5.41, 5.74) is 12.7. The highest BCUT2D eigenvalue weighted by atomic mass is 32.1. The fraction of sp³-hybridized carbons (Fsp3) is 0.111. The fourth-order valence-corrected chi connectivity index (χ4v) is 4.58. The molecule has 4 rings (SSSR count). The number of hydrogen-bond donors (Lipinski definition) is 4. The Hall–Kier alpha value is -4.90. The topological polar surface area (TPSA) is 161 Å². The van der Waals surface area contributed by atoms with E-state index in [0.717, 1.165) is 5.56 Å². The molecule has 3 amide bonds. The van der Waals surface area contributed by atoms with Crippen LogP contribution in [0.25, 0.3) is 0 Å². The Morgan fingerprint density at radius 1 is 1.05 bits per heavy atom. The van der Waals surface area contributed by atoms with Gasteiger partial charge in [0.2, 0.25) is 5.91 Å². The van der Waals surface area contributed by atoms with E-state index in [-0.39, 0.29) is 28.6 Å². The summed E-state index contributed by atoms with van der Waals surface area (Å²) >= 11 is 0.713. The number of methoxy groups -OCH3 is 1. The van der Waals surface area contributed by atoms with Gasteiger partial charge in [0.15, 0.2) is 5.69 Å². The lowest BCUT2D eigenvalue weighted by Gasteiger charge is -2.31. The Bertz CT molecular complexity index is 1460. The molecule has 0 bridgehead atoms. The van der Waals surface area contributed by atoms with E-state index in [9.17, 15) is 19.5 Å². The van der Waals surface area contributed by atoms with Gasteiger partial charge in [0.05, 0.1) is 12.8 Å². The monoisotopic (exact) mass is 531 g/mol. The van der Waals surface area contributed by atoms with Gasteiger partial charge in [-0.05, 0) is 46.9 Å². The van der Waals surface area contributed by atoms with Crippen LogP contribution in [-0.2, 0) is 11.3 Å². The van der Waals surface area contributed by atoms with Crippen LogP contribution in [0.1, 0.15) is 37.3 Å². The van der Waals surface area contributed by atoms with Crippen molar-refractivity contribution >= 4 is 40.6 Å². The maximum atomic E-state index is 14.1. The van der Waals surface area contributed by atoms with Crippen molar-refractivity contribution in [2.75, 3.05) is 17.7 Å². The molecular weight excluding hydrogens is 506 g/mol. The molecule has 0 fully saturated rings. The number of aromatic hydroxyl groups is 1. The number of phenolic OH excluding ortho intramolecular Hbond substituents is 1. The van der Waals surface area contributed by atoms with Gasteiger partial charge < -0.3 is 26.6 Å². The summed E-state index contributed by atoms with van der Waals surface area (Å²) in [5.74, 6) is -1.59. The molecule has 6 N–H and O–H groups in total. The number of amides is 3. The molecule has 0 unspecified atom stereocenters. The van der Waals surface area contributed by atoms with Crippen LogP contribution in [0.5, 0.6) is 11.5 Å². The zero-order valence-electron chi connectivity index (χ0n) is 20.3. The molecule has 10 nitrogen and oxygen atoms in total. The molecular formula is C27H25N5O5S. The Morgan fingerprint density at radius 2 is 1.76 bits per heavy atom. The second-order valence-electron chi connectivity index (χ2n) is 8.21. The SMILES string of the molecule is COc1cccc(N(C(=O)c2snc(C(N)=O)c2N)[C@H](C(=O)NCc2ccccc2)c2ccc(O)cc2)c1. The van der Waals surface area contributed by atoms with Crippen molar-refractivity contribution in [2.24, 2.45) is 5.73 Å². The Morgan fingerprint density at radius 3 is 2.39 bits per heavy atom. The van der Waals surface area contributed by atoms with Gasteiger partial charge in [-0.15, -0.1) is 0 Å². The molecule has 194 valence electrons. The number of benzene rings is 3. The fourth-order valence-electron chi connectivity index (χ4n) is 3.84. The number of ether oxygens (including phenoxy) is 1. The van der Waals surface area contributed by atoms with E-state index in [1.54, 1.807) is 36.4 Å². The third-order valence-corrected chi connectivity index (χ3v) is 6.58. The van der Waals surface area contributed by atoms with E-state index in [0.29, 0.717) is 28.5 Å². The molecule has 1 heterocycles. The number of nitrogen functional groups attached to an aromatic ring is 1. The second-order valence-corrected chi connectivity index (χ2v) is 8.99. The molecule has 4 aromatic rings. The maximum Gasteiger partial charge on any atom is 0.273 e. The average Bonchev–Trinajstić information content (AvgIpc) is 3.32. The maximum absolute atomic E-state index is 14.1. The van der Waals surface area contributed by atoms with Crippen LogP contribution in [0, 0.1) is 0 Å². The predicted octanol–water partition coefficient (Wildman–Crippen LogP) is 3.24. The highest BCUT2D eigenvalue weighted by molar-refractivity contribution is 7.09. The molecule has 0 aliphatic heterocycles. The number of carbonyl (C=O) groups excluding carboxylic acids is 3. The van der Waals surface area contributed by atoms with Crippen LogP contribution in [0.2, 0.25) is 0 Å². The van der Waals surface area contributed by atoms with E-state index in [1.807, 2.05) is 30.3 Å². The van der Waals surface area contributed by atoms with Gasteiger partial charge >= 0.3 is 0 Å². The summed E-state index contributed by atoms with van der Waals surface area (Å²) in [7, 11) is 1.48. The van der Waals surface area contributed by atoms with Gasteiger partial charge in [-0.3, -0.25) is 19.3 Å². The molecule has 1 aromatic heterocycles. The van der Waals surface area contributed by atoms with Crippen LogP contribution in [0.15, 0.2) is 78.9 Å². The highest BCUT2D eigenvalue weighted by Crippen LogP contribution is 2.35. The minimum Gasteiger partial charge on any atom is -0.508 e. The molecule has 11 heteroatoms. The van der Waals surface area contributed by atoms with Crippen molar-refractivity contribution in [3.8, 4) is 11.5 Å². The summed E-state index contributed by atoms with van der Waals surface area (Å²) in [6.07, 6.45) is 0. The normalized spacial score (nSPS) is 11.4. The minimum atomic E-state index is -1.20. The third-order valence-electron chi connectivity index (χ3n) is 5.73. The first-order valence-electron chi connectivity index (χ1n) is 11.4. The van der Waals surface area contributed by atoms with Crippen molar-refractivity contribution in [1.82, 2.24) is 9.69 Å². The van der Waals surface area contributed by atoms with Crippen LogP contribution in [0.3, 0.4) is 0 Å². The first-order chi connectivity index (χ1) is 18.3. The molecule has 0 aliphatic carbocycles. The lowest BCUT2D eigenvalue weighted by Crippen LogP contribution is -2.44. The highest BCUT2D eigenvalue weighted by Gasteiger charge is 2.36. The van der Waals surface area contributed by atoms with Crippen LogP contribution in [-0.4, -0.2) is 34.3 Å². The van der Waals surface area contributed by atoms with Crippen LogP contribution < -0.4 is 26.4 Å². The van der Waals surface area contributed by atoms with Crippen molar-refractivity contribution in [3.05, 3.63) is 101 Å². The zero-order valence-corrected chi connectivity index (χ0v) is 21.1. The molecule has 3 aromatic carbocycles. The number of anilines is 2. The van der Waals surface area contributed by atoms with Gasteiger partial charge in [0, 0.05) is 18.3 Å². The van der Waals surface area contributed by atoms with E-state index in [2.05, 4.69) is 9.69 Å². The average molecular weight is 532 g/mol. The number of primary amides is 1. The molecule has 0 radical (unpaired) electrons. The molecule has 0 spiro atoms. The van der Waals surface area contributed by atoms with Gasteiger partial charge in [-0.2, -0.15) is 4.37 Å². The summed E-state index contributed by atoms with van der Waals surface area (Å²) in [4.78, 5) is 40.8. The minimum absolute atomic E-state index is 0.00532. The number of nitrogens with two attached hydrogens (primary N) is 2. The molecule has 1 atom stereocenters. The number of phenols is 1. The van der Waals surface area contributed by atoms with Crippen molar-refractivity contribution in [3.63, 3.8) is 0 Å². The van der Waals surface area contributed by atoms with Gasteiger partial charge in [-0.1, -0.05) is 48.5 Å².